The van der Waals surface area contributed by atoms with Crippen LogP contribution in [0.25, 0.3) is 0 Å². The van der Waals surface area contributed by atoms with Crippen LogP contribution in [-0.2, 0) is 0 Å². The number of carbonyl (C=O) groups is 1. The van der Waals surface area contributed by atoms with Crippen molar-refractivity contribution in [2.24, 2.45) is 0 Å². The third-order valence-corrected chi connectivity index (χ3v) is 4.19. The average Bonchev–Trinajstić information content (AvgIpc) is 2.84. The third kappa shape index (κ3) is 2.30. The molecule has 0 bridgehead atoms. The zero-order valence-electron chi connectivity index (χ0n) is 11.2. The van der Waals surface area contributed by atoms with Crippen LogP contribution in [-0.4, -0.2) is 52.4 Å². The van der Waals surface area contributed by atoms with Gasteiger partial charge in [0.2, 0.25) is 0 Å². The van der Waals surface area contributed by atoms with Crippen molar-refractivity contribution in [3.63, 3.8) is 0 Å². The Hall–Kier alpha value is -1.62. The molecule has 102 valence electrons. The SMILES string of the molecule is C[C@@H]1CN2CCC[C@H]2CN1C(=O)c1cccc(N)n1. The molecule has 0 aliphatic carbocycles. The lowest BCUT2D eigenvalue weighted by molar-refractivity contribution is 0.0390. The lowest BCUT2D eigenvalue weighted by Crippen LogP contribution is -2.56. The summed E-state index contributed by atoms with van der Waals surface area (Å²) in [6.45, 7) is 5.07. The van der Waals surface area contributed by atoms with Gasteiger partial charge in [0, 0.05) is 25.2 Å². The van der Waals surface area contributed by atoms with Crippen LogP contribution in [0.2, 0.25) is 0 Å². The van der Waals surface area contributed by atoms with Crippen molar-refractivity contribution in [3.8, 4) is 0 Å². The predicted molar refractivity (Wildman–Crippen MR) is 73.7 cm³/mol. The highest BCUT2D eigenvalue weighted by atomic mass is 16.2. The van der Waals surface area contributed by atoms with Gasteiger partial charge in [-0.1, -0.05) is 6.07 Å². The van der Waals surface area contributed by atoms with Crippen LogP contribution in [0.1, 0.15) is 30.3 Å². The zero-order valence-corrected chi connectivity index (χ0v) is 11.2. The van der Waals surface area contributed by atoms with Gasteiger partial charge in [-0.15, -0.1) is 0 Å². The molecule has 0 unspecified atom stereocenters. The topological polar surface area (TPSA) is 62.5 Å². The van der Waals surface area contributed by atoms with Gasteiger partial charge in [-0.05, 0) is 38.4 Å². The molecule has 2 saturated heterocycles. The number of nitrogens with zero attached hydrogens (tertiary/aromatic N) is 3. The van der Waals surface area contributed by atoms with Crippen LogP contribution in [0.4, 0.5) is 5.82 Å². The second-order valence-electron chi connectivity index (χ2n) is 5.55. The zero-order chi connectivity index (χ0) is 13.4. The summed E-state index contributed by atoms with van der Waals surface area (Å²) in [5.41, 5.74) is 6.11. The Morgan fingerprint density at radius 3 is 3.05 bits per heavy atom. The molecule has 0 aromatic carbocycles. The monoisotopic (exact) mass is 260 g/mol. The summed E-state index contributed by atoms with van der Waals surface area (Å²) >= 11 is 0. The van der Waals surface area contributed by atoms with E-state index in [0.717, 1.165) is 13.1 Å². The number of pyridine rings is 1. The van der Waals surface area contributed by atoms with Gasteiger partial charge in [0.05, 0.1) is 0 Å². The number of hydrogen-bond acceptors (Lipinski definition) is 4. The first-order valence-corrected chi connectivity index (χ1v) is 6.92. The van der Waals surface area contributed by atoms with E-state index in [1.54, 1.807) is 18.2 Å². The normalized spacial score (nSPS) is 27.3. The molecule has 2 aliphatic heterocycles. The highest BCUT2D eigenvalue weighted by Gasteiger charge is 2.36. The van der Waals surface area contributed by atoms with E-state index in [2.05, 4.69) is 16.8 Å². The highest BCUT2D eigenvalue weighted by Crippen LogP contribution is 2.25. The molecule has 3 heterocycles. The number of piperazine rings is 1. The Balaban J connectivity index is 1.79. The molecule has 1 aromatic heterocycles. The second kappa shape index (κ2) is 4.81. The molecular formula is C14H20N4O. The predicted octanol–water partition coefficient (Wildman–Crippen LogP) is 0.972. The average molecular weight is 260 g/mol. The number of amides is 1. The number of carbonyl (C=O) groups excluding carboxylic acids is 1. The first kappa shape index (κ1) is 12.4. The minimum Gasteiger partial charge on any atom is -0.384 e. The molecule has 5 nitrogen and oxygen atoms in total. The minimum atomic E-state index is 0.00588. The van der Waals surface area contributed by atoms with Crippen LogP contribution in [0.5, 0.6) is 0 Å². The van der Waals surface area contributed by atoms with Crippen molar-refractivity contribution in [1.29, 1.82) is 0 Å². The van der Waals surface area contributed by atoms with Crippen molar-refractivity contribution >= 4 is 11.7 Å². The molecule has 2 fully saturated rings. The maximum Gasteiger partial charge on any atom is 0.272 e. The maximum atomic E-state index is 12.5. The molecule has 0 radical (unpaired) electrons. The summed E-state index contributed by atoms with van der Waals surface area (Å²) in [5, 5.41) is 0. The van der Waals surface area contributed by atoms with Gasteiger partial charge in [0.15, 0.2) is 0 Å². The van der Waals surface area contributed by atoms with Gasteiger partial charge in [0.25, 0.3) is 5.91 Å². The largest absolute Gasteiger partial charge is 0.384 e. The Morgan fingerprint density at radius 1 is 1.42 bits per heavy atom. The Morgan fingerprint density at radius 2 is 2.26 bits per heavy atom. The fourth-order valence-electron chi connectivity index (χ4n) is 3.19. The number of hydrogen-bond donors (Lipinski definition) is 1. The van der Waals surface area contributed by atoms with Crippen LogP contribution >= 0.6 is 0 Å². The van der Waals surface area contributed by atoms with Crippen molar-refractivity contribution in [3.05, 3.63) is 23.9 Å². The molecule has 2 atom stereocenters. The van der Waals surface area contributed by atoms with E-state index in [-0.39, 0.29) is 11.9 Å². The molecule has 19 heavy (non-hydrogen) atoms. The smallest absolute Gasteiger partial charge is 0.272 e. The van der Waals surface area contributed by atoms with Gasteiger partial charge < -0.3 is 10.6 Å². The molecule has 5 heteroatoms. The third-order valence-electron chi connectivity index (χ3n) is 4.19. The lowest BCUT2D eigenvalue weighted by atomic mass is 10.1. The molecule has 3 rings (SSSR count). The van der Waals surface area contributed by atoms with E-state index in [0.29, 0.717) is 17.6 Å². The molecule has 1 aromatic rings. The number of aromatic nitrogens is 1. The summed E-state index contributed by atoms with van der Waals surface area (Å²) < 4.78 is 0. The summed E-state index contributed by atoms with van der Waals surface area (Å²) in [6, 6.07) is 6.00. The number of nitrogens with two attached hydrogens (primary N) is 1. The summed E-state index contributed by atoms with van der Waals surface area (Å²) in [4.78, 5) is 21.1. The number of nitrogen functional groups attached to an aromatic ring is 1. The molecule has 2 N–H and O–H groups in total. The second-order valence-corrected chi connectivity index (χ2v) is 5.55. The molecule has 0 spiro atoms. The summed E-state index contributed by atoms with van der Waals surface area (Å²) in [5.74, 6) is 0.407. The standard InChI is InChI=1S/C14H20N4O/c1-10-8-17-7-3-4-11(17)9-18(10)14(19)12-5-2-6-13(15)16-12/h2,5-6,10-11H,3-4,7-9H2,1H3,(H2,15,16)/t10-,11+/m1/s1. The van der Waals surface area contributed by atoms with Crippen LogP contribution in [0, 0.1) is 0 Å². The number of anilines is 1. The maximum absolute atomic E-state index is 12.5. The molecule has 0 saturated carbocycles. The van der Waals surface area contributed by atoms with Crippen LogP contribution < -0.4 is 5.73 Å². The van der Waals surface area contributed by atoms with Crippen LogP contribution in [0.15, 0.2) is 18.2 Å². The van der Waals surface area contributed by atoms with Gasteiger partial charge in [0.1, 0.15) is 11.5 Å². The van der Waals surface area contributed by atoms with Crippen LogP contribution in [0.3, 0.4) is 0 Å². The first-order chi connectivity index (χ1) is 9.15. The van der Waals surface area contributed by atoms with E-state index in [1.165, 1.54) is 19.4 Å². The van der Waals surface area contributed by atoms with Crippen molar-refractivity contribution < 1.29 is 4.79 Å². The Kier molecular flexibility index (Phi) is 3.14. The lowest BCUT2D eigenvalue weighted by Gasteiger charge is -2.42. The van der Waals surface area contributed by atoms with Gasteiger partial charge in [-0.2, -0.15) is 0 Å². The van der Waals surface area contributed by atoms with Gasteiger partial charge in [-0.3, -0.25) is 9.69 Å². The molecular weight excluding hydrogens is 240 g/mol. The first-order valence-electron chi connectivity index (χ1n) is 6.92. The van der Waals surface area contributed by atoms with Gasteiger partial charge >= 0.3 is 0 Å². The molecule has 2 aliphatic rings. The van der Waals surface area contributed by atoms with Crippen molar-refractivity contribution in [2.45, 2.75) is 31.8 Å². The quantitative estimate of drug-likeness (QED) is 0.817. The van der Waals surface area contributed by atoms with Crippen molar-refractivity contribution in [1.82, 2.24) is 14.8 Å². The van der Waals surface area contributed by atoms with E-state index >= 15 is 0 Å². The number of fused-ring (bicyclic) bond motifs is 1. The number of rotatable bonds is 1. The van der Waals surface area contributed by atoms with E-state index in [4.69, 9.17) is 5.73 Å². The summed E-state index contributed by atoms with van der Waals surface area (Å²) in [7, 11) is 0. The fraction of sp³-hybridized carbons (Fsp3) is 0.571. The Bertz CT molecular complexity index is 490. The van der Waals surface area contributed by atoms with Gasteiger partial charge in [-0.25, -0.2) is 4.98 Å². The molecule has 1 amide bonds. The highest BCUT2D eigenvalue weighted by molar-refractivity contribution is 5.93. The van der Waals surface area contributed by atoms with E-state index < -0.39 is 0 Å². The minimum absolute atomic E-state index is 0.00588. The van der Waals surface area contributed by atoms with E-state index in [9.17, 15) is 4.79 Å². The fourth-order valence-corrected chi connectivity index (χ4v) is 3.19. The summed E-state index contributed by atoms with van der Waals surface area (Å²) in [6.07, 6.45) is 2.44. The van der Waals surface area contributed by atoms with E-state index in [1.807, 2.05) is 4.90 Å². The van der Waals surface area contributed by atoms with Crippen molar-refractivity contribution in [2.75, 3.05) is 25.4 Å². The Labute approximate surface area is 113 Å².